The molecule has 27 heavy (non-hydrogen) atoms. The molecule has 0 aliphatic carbocycles. The number of carboxylic acids is 1. The highest BCUT2D eigenvalue weighted by atomic mass is 32.1. The molecule has 10 heteroatoms. The normalized spacial score (nSPS) is 10.4. The van der Waals surface area contributed by atoms with Crippen LogP contribution in [0.3, 0.4) is 0 Å². The summed E-state index contributed by atoms with van der Waals surface area (Å²) in [5, 5.41) is 28.4. The van der Waals surface area contributed by atoms with Gasteiger partial charge in [-0.3, -0.25) is 0 Å². The molecular weight excluding hydrogens is 368 g/mol. The molecule has 0 unspecified atom stereocenters. The van der Waals surface area contributed by atoms with Crippen molar-refractivity contribution in [3.8, 4) is 5.75 Å². The van der Waals surface area contributed by atoms with Crippen LogP contribution in [0.15, 0.2) is 36.5 Å². The highest BCUT2D eigenvalue weighted by Crippen LogP contribution is 2.30. The largest absolute Gasteiger partial charge is 0.506 e. The molecule has 3 rings (SSSR count). The second-order valence-electron chi connectivity index (χ2n) is 5.41. The van der Waals surface area contributed by atoms with E-state index in [2.05, 4.69) is 30.9 Å². The van der Waals surface area contributed by atoms with Gasteiger partial charge < -0.3 is 26.2 Å². The van der Waals surface area contributed by atoms with Crippen LogP contribution in [0, 0.1) is 0 Å². The molecule has 2 heterocycles. The molecule has 0 atom stereocenters. The Morgan fingerprint density at radius 1 is 1.19 bits per heavy atom. The molecule has 2 aromatic heterocycles. The summed E-state index contributed by atoms with van der Waals surface area (Å²) in [5.41, 5.74) is 0.824. The number of nitrogens with zero attached hydrogens (tertiary/aromatic N) is 3. The van der Waals surface area contributed by atoms with Gasteiger partial charge in [0.05, 0.1) is 17.4 Å². The predicted octanol–water partition coefficient (Wildman–Crippen LogP) is 2.48. The minimum atomic E-state index is -1.18. The number of rotatable bonds is 5. The third kappa shape index (κ3) is 4.18. The van der Waals surface area contributed by atoms with E-state index in [1.165, 1.54) is 24.4 Å². The number of para-hydroxylation sites is 1. The number of fused-ring (bicyclic) bond motifs is 1. The predicted molar refractivity (Wildman–Crippen MR) is 106 cm³/mol. The molecule has 0 saturated heterocycles. The van der Waals surface area contributed by atoms with Gasteiger partial charge in [-0.15, -0.1) is 0 Å². The van der Waals surface area contributed by atoms with E-state index >= 15 is 0 Å². The quantitative estimate of drug-likeness (QED) is 0.330. The number of carboxylic acid groups (broad SMARTS) is 1. The third-order valence-corrected chi connectivity index (χ3v) is 3.76. The first-order chi connectivity index (χ1) is 13.0. The zero-order valence-electron chi connectivity index (χ0n) is 14.2. The monoisotopic (exact) mass is 384 g/mol. The number of phenols is 1. The number of aromatic nitrogens is 3. The second-order valence-corrected chi connectivity index (χ2v) is 5.82. The van der Waals surface area contributed by atoms with Crippen molar-refractivity contribution in [3.05, 3.63) is 42.1 Å². The topological polar surface area (TPSA) is 132 Å². The molecule has 5 N–H and O–H groups in total. The van der Waals surface area contributed by atoms with Gasteiger partial charge in [-0.25, -0.2) is 19.7 Å². The number of benzene rings is 1. The van der Waals surface area contributed by atoms with E-state index in [0.717, 1.165) is 0 Å². The van der Waals surface area contributed by atoms with Crippen molar-refractivity contribution >= 4 is 51.8 Å². The molecule has 3 aromatic rings. The Morgan fingerprint density at radius 2 is 1.96 bits per heavy atom. The molecule has 0 aliphatic rings. The number of aromatic hydroxyl groups is 1. The van der Waals surface area contributed by atoms with Crippen LogP contribution in [0.2, 0.25) is 0 Å². The first-order valence-electron chi connectivity index (χ1n) is 7.99. The summed E-state index contributed by atoms with van der Waals surface area (Å²) in [7, 11) is 0. The fraction of sp³-hybridized carbons (Fsp3) is 0.118. The Kier molecular flexibility index (Phi) is 5.27. The number of hydrogen-bond acceptors (Lipinski definition) is 7. The molecule has 0 aliphatic heterocycles. The lowest BCUT2D eigenvalue weighted by Gasteiger charge is -2.11. The molecule has 0 radical (unpaired) electrons. The van der Waals surface area contributed by atoms with Crippen LogP contribution >= 0.6 is 12.2 Å². The zero-order chi connectivity index (χ0) is 19.4. The van der Waals surface area contributed by atoms with E-state index in [0.29, 0.717) is 28.6 Å². The van der Waals surface area contributed by atoms with Crippen LogP contribution in [0.4, 0.5) is 17.3 Å². The zero-order valence-corrected chi connectivity index (χ0v) is 15.0. The molecule has 1 aromatic carbocycles. The Bertz CT molecular complexity index is 1030. The van der Waals surface area contributed by atoms with E-state index < -0.39 is 5.97 Å². The van der Waals surface area contributed by atoms with E-state index in [1.54, 1.807) is 12.1 Å². The van der Waals surface area contributed by atoms with Crippen LogP contribution in [-0.4, -0.2) is 42.8 Å². The molecular formula is C17H16N6O3S. The maximum atomic E-state index is 11.4. The Morgan fingerprint density at radius 3 is 2.70 bits per heavy atom. The van der Waals surface area contributed by atoms with Crippen molar-refractivity contribution in [2.75, 3.05) is 17.2 Å². The van der Waals surface area contributed by atoms with Crippen molar-refractivity contribution in [3.63, 3.8) is 0 Å². The summed E-state index contributed by atoms with van der Waals surface area (Å²) in [6.07, 6.45) is 1.43. The van der Waals surface area contributed by atoms with Crippen LogP contribution in [0.1, 0.15) is 17.3 Å². The lowest BCUT2D eigenvalue weighted by Crippen LogP contribution is -2.28. The van der Waals surface area contributed by atoms with Gasteiger partial charge in [0.2, 0.25) is 0 Å². The fourth-order valence-electron chi connectivity index (χ4n) is 2.33. The summed E-state index contributed by atoms with van der Waals surface area (Å²) >= 11 is 5.13. The van der Waals surface area contributed by atoms with Crippen LogP contribution in [-0.2, 0) is 0 Å². The number of nitrogens with one attached hydrogen (secondary N) is 3. The lowest BCUT2D eigenvalue weighted by atomic mass is 10.1. The molecule has 138 valence electrons. The first-order valence-corrected chi connectivity index (χ1v) is 8.39. The summed E-state index contributed by atoms with van der Waals surface area (Å²) in [5.74, 6) is -0.654. The van der Waals surface area contributed by atoms with Crippen molar-refractivity contribution in [2.24, 2.45) is 0 Å². The third-order valence-electron chi connectivity index (χ3n) is 3.51. The van der Waals surface area contributed by atoms with Crippen LogP contribution in [0.25, 0.3) is 11.2 Å². The summed E-state index contributed by atoms with van der Waals surface area (Å²) < 4.78 is 0. The molecule has 0 bridgehead atoms. The van der Waals surface area contributed by atoms with Gasteiger partial charge in [-0.2, -0.15) is 0 Å². The van der Waals surface area contributed by atoms with Gasteiger partial charge in [0, 0.05) is 6.54 Å². The lowest BCUT2D eigenvalue weighted by molar-refractivity contribution is 0.0697. The number of thiocarbonyl (C=S) groups is 1. The van der Waals surface area contributed by atoms with Crippen molar-refractivity contribution in [1.29, 1.82) is 0 Å². The minimum absolute atomic E-state index is 0.0289. The molecule has 0 amide bonds. The van der Waals surface area contributed by atoms with E-state index in [-0.39, 0.29) is 22.8 Å². The number of phenolic OH excluding ortho intramolecular Hbond substituents is 1. The maximum Gasteiger partial charge on any atom is 0.337 e. The summed E-state index contributed by atoms with van der Waals surface area (Å²) in [4.78, 5) is 24.3. The van der Waals surface area contributed by atoms with Crippen molar-refractivity contribution in [2.45, 2.75) is 6.92 Å². The van der Waals surface area contributed by atoms with Gasteiger partial charge in [-0.1, -0.05) is 6.07 Å². The molecule has 0 spiro atoms. The molecule has 0 saturated carbocycles. The number of carbonyl (C=O) groups is 1. The fourth-order valence-corrected chi connectivity index (χ4v) is 2.58. The Hall–Kier alpha value is -3.53. The number of anilines is 3. The Balaban J connectivity index is 1.92. The summed E-state index contributed by atoms with van der Waals surface area (Å²) in [6.45, 7) is 2.61. The van der Waals surface area contributed by atoms with E-state index in [9.17, 15) is 15.0 Å². The minimum Gasteiger partial charge on any atom is -0.506 e. The first kappa shape index (κ1) is 18.3. The van der Waals surface area contributed by atoms with Crippen LogP contribution in [0.5, 0.6) is 5.75 Å². The average Bonchev–Trinajstić information content (AvgIpc) is 2.63. The second kappa shape index (κ2) is 7.79. The highest BCUT2D eigenvalue weighted by molar-refractivity contribution is 7.80. The van der Waals surface area contributed by atoms with E-state index in [1.807, 2.05) is 6.92 Å². The highest BCUT2D eigenvalue weighted by Gasteiger charge is 2.15. The molecule has 9 nitrogen and oxygen atoms in total. The Labute approximate surface area is 159 Å². The van der Waals surface area contributed by atoms with Gasteiger partial charge in [-0.05, 0) is 43.4 Å². The van der Waals surface area contributed by atoms with Gasteiger partial charge >= 0.3 is 5.97 Å². The molecule has 0 fully saturated rings. The van der Waals surface area contributed by atoms with Crippen molar-refractivity contribution < 1.29 is 15.0 Å². The van der Waals surface area contributed by atoms with Crippen LogP contribution < -0.4 is 16.0 Å². The maximum absolute atomic E-state index is 11.4. The standard InChI is InChI=1S/C17H16N6O3S/c1-2-18-17(27)23-12-7-6-10-15(21-12)22-13(8-19-10)20-14-9(16(25)26)4-3-5-11(14)24/h3-8,24H,2H2,1H3,(H,25,26)(H3,18,20,21,22,23,27). The number of pyridine rings is 1. The SMILES string of the molecule is CCNC(=S)Nc1ccc2ncc(Nc3c(O)cccc3C(=O)O)nc2n1. The van der Waals surface area contributed by atoms with Crippen molar-refractivity contribution in [1.82, 2.24) is 20.3 Å². The van der Waals surface area contributed by atoms with Gasteiger partial charge in [0.1, 0.15) is 17.1 Å². The van der Waals surface area contributed by atoms with Gasteiger partial charge in [0.15, 0.2) is 16.6 Å². The average molecular weight is 384 g/mol. The smallest absolute Gasteiger partial charge is 0.337 e. The number of hydrogen-bond donors (Lipinski definition) is 5. The number of aromatic carboxylic acids is 1. The van der Waals surface area contributed by atoms with Gasteiger partial charge in [0.25, 0.3) is 0 Å². The summed E-state index contributed by atoms with van der Waals surface area (Å²) in [6, 6.07) is 7.66. The van der Waals surface area contributed by atoms with E-state index in [4.69, 9.17) is 12.2 Å².